The summed E-state index contributed by atoms with van der Waals surface area (Å²) in [6.45, 7) is 5.35. The lowest BCUT2D eigenvalue weighted by Gasteiger charge is -2.51. The lowest BCUT2D eigenvalue weighted by atomic mass is 9.73. The minimum absolute atomic E-state index is 0.271. The van der Waals surface area contributed by atoms with Gasteiger partial charge in [-0.25, -0.2) is 0 Å². The Kier molecular flexibility index (Phi) is 4.16. The maximum Gasteiger partial charge on any atom is 0.0697 e. The summed E-state index contributed by atoms with van der Waals surface area (Å²) in [6, 6.07) is 1.49. The number of hydrogen-bond donors (Lipinski definition) is 1. The van der Waals surface area contributed by atoms with Gasteiger partial charge in [0, 0.05) is 18.7 Å². The molecule has 0 aromatic carbocycles. The van der Waals surface area contributed by atoms with Crippen LogP contribution in [-0.4, -0.2) is 42.3 Å². The molecular formula is C16H30N2O. The molecule has 3 atom stereocenters. The van der Waals surface area contributed by atoms with E-state index in [1.54, 1.807) is 0 Å². The standard InChI is InChI=1S/C16H30N2O/c1-2-18(15-6-3-5-13(15)12-17)14-7-10-19-16(11-14)8-4-9-16/h13-15H,2-12,17H2,1H3. The molecular weight excluding hydrogens is 236 g/mol. The highest BCUT2D eigenvalue weighted by Gasteiger charge is 2.45. The highest BCUT2D eigenvalue weighted by atomic mass is 16.5. The number of nitrogens with zero attached hydrogens (tertiary/aromatic N) is 1. The van der Waals surface area contributed by atoms with Crippen molar-refractivity contribution in [3.05, 3.63) is 0 Å². The summed E-state index contributed by atoms with van der Waals surface area (Å²) in [5.41, 5.74) is 6.26. The molecule has 0 aromatic heterocycles. The Hall–Kier alpha value is -0.120. The first-order valence-electron chi connectivity index (χ1n) is 8.38. The van der Waals surface area contributed by atoms with Crippen molar-refractivity contribution in [2.24, 2.45) is 11.7 Å². The van der Waals surface area contributed by atoms with Crippen LogP contribution in [0.5, 0.6) is 0 Å². The zero-order valence-electron chi connectivity index (χ0n) is 12.4. The molecule has 0 radical (unpaired) electrons. The van der Waals surface area contributed by atoms with Gasteiger partial charge in [0.05, 0.1) is 5.60 Å². The summed E-state index contributed by atoms with van der Waals surface area (Å²) in [5, 5.41) is 0. The molecule has 1 aliphatic heterocycles. The Labute approximate surface area is 117 Å². The Bertz CT molecular complexity index is 303. The third-order valence-electron chi connectivity index (χ3n) is 5.91. The Morgan fingerprint density at radius 2 is 2.05 bits per heavy atom. The fourth-order valence-corrected chi connectivity index (χ4v) is 4.70. The molecule has 0 amide bonds. The number of nitrogens with two attached hydrogens (primary N) is 1. The maximum absolute atomic E-state index is 6.09. The molecule has 1 spiro atoms. The molecule has 1 heterocycles. The minimum Gasteiger partial charge on any atom is -0.375 e. The molecule has 3 aliphatic rings. The molecule has 2 aliphatic carbocycles. The van der Waals surface area contributed by atoms with Gasteiger partial charge in [-0.3, -0.25) is 4.90 Å². The van der Waals surface area contributed by atoms with Gasteiger partial charge in [0.15, 0.2) is 0 Å². The van der Waals surface area contributed by atoms with Crippen LogP contribution in [0.25, 0.3) is 0 Å². The van der Waals surface area contributed by atoms with E-state index < -0.39 is 0 Å². The molecule has 0 aromatic rings. The largest absolute Gasteiger partial charge is 0.375 e. The molecule has 1 saturated heterocycles. The molecule has 0 bridgehead atoms. The second kappa shape index (κ2) is 5.71. The van der Waals surface area contributed by atoms with Gasteiger partial charge in [-0.1, -0.05) is 13.3 Å². The van der Waals surface area contributed by atoms with Crippen molar-refractivity contribution in [1.29, 1.82) is 0 Å². The van der Waals surface area contributed by atoms with Crippen molar-refractivity contribution >= 4 is 0 Å². The van der Waals surface area contributed by atoms with Gasteiger partial charge in [0.25, 0.3) is 0 Å². The van der Waals surface area contributed by atoms with Gasteiger partial charge in [0.2, 0.25) is 0 Å². The fourth-order valence-electron chi connectivity index (χ4n) is 4.70. The molecule has 3 nitrogen and oxygen atoms in total. The van der Waals surface area contributed by atoms with Gasteiger partial charge >= 0.3 is 0 Å². The summed E-state index contributed by atoms with van der Waals surface area (Å²) in [4.78, 5) is 2.78. The third kappa shape index (κ3) is 2.57. The van der Waals surface area contributed by atoms with Gasteiger partial charge < -0.3 is 10.5 Å². The van der Waals surface area contributed by atoms with Gasteiger partial charge in [0.1, 0.15) is 0 Å². The number of rotatable bonds is 4. The SMILES string of the molecule is CCN(C1CCOC2(CCC2)C1)C1CCCC1CN. The number of ether oxygens (including phenoxy) is 1. The first-order chi connectivity index (χ1) is 9.28. The van der Waals surface area contributed by atoms with E-state index in [0.29, 0.717) is 0 Å². The Morgan fingerprint density at radius 3 is 2.68 bits per heavy atom. The van der Waals surface area contributed by atoms with Crippen molar-refractivity contribution in [2.75, 3.05) is 19.7 Å². The zero-order valence-corrected chi connectivity index (χ0v) is 12.4. The Morgan fingerprint density at radius 1 is 1.21 bits per heavy atom. The highest BCUT2D eigenvalue weighted by molar-refractivity contribution is 4.98. The van der Waals surface area contributed by atoms with Crippen LogP contribution >= 0.6 is 0 Å². The molecule has 110 valence electrons. The van der Waals surface area contributed by atoms with Crippen LogP contribution < -0.4 is 5.73 Å². The van der Waals surface area contributed by atoms with Crippen molar-refractivity contribution < 1.29 is 4.74 Å². The smallest absolute Gasteiger partial charge is 0.0697 e. The van der Waals surface area contributed by atoms with Gasteiger partial charge in [-0.05, 0) is 64.0 Å². The van der Waals surface area contributed by atoms with Crippen LogP contribution in [0.1, 0.15) is 58.3 Å². The van der Waals surface area contributed by atoms with Crippen LogP contribution in [0.15, 0.2) is 0 Å². The van der Waals surface area contributed by atoms with Crippen LogP contribution in [-0.2, 0) is 4.74 Å². The molecule has 19 heavy (non-hydrogen) atoms. The predicted molar refractivity (Wildman–Crippen MR) is 78.1 cm³/mol. The molecule has 3 fully saturated rings. The molecule has 2 N–H and O–H groups in total. The predicted octanol–water partition coefficient (Wildman–Crippen LogP) is 2.54. The maximum atomic E-state index is 6.09. The van der Waals surface area contributed by atoms with Crippen molar-refractivity contribution in [3.63, 3.8) is 0 Å². The fraction of sp³-hybridized carbons (Fsp3) is 1.00. The quantitative estimate of drug-likeness (QED) is 0.850. The second-order valence-electron chi connectivity index (χ2n) is 6.86. The van der Waals surface area contributed by atoms with E-state index in [0.717, 1.165) is 31.2 Å². The lowest BCUT2D eigenvalue weighted by Crippen LogP contribution is -2.55. The summed E-state index contributed by atoms with van der Waals surface area (Å²) >= 11 is 0. The van der Waals surface area contributed by atoms with E-state index in [-0.39, 0.29) is 5.60 Å². The van der Waals surface area contributed by atoms with Crippen molar-refractivity contribution in [1.82, 2.24) is 4.90 Å². The van der Waals surface area contributed by atoms with Gasteiger partial charge in [-0.2, -0.15) is 0 Å². The normalized spacial score (nSPS) is 37.7. The molecule has 3 heteroatoms. The topological polar surface area (TPSA) is 38.5 Å². The van der Waals surface area contributed by atoms with E-state index in [1.165, 1.54) is 57.9 Å². The number of hydrogen-bond acceptors (Lipinski definition) is 3. The van der Waals surface area contributed by atoms with Crippen LogP contribution in [0.3, 0.4) is 0 Å². The summed E-state index contributed by atoms with van der Waals surface area (Å²) < 4.78 is 6.09. The molecule has 3 rings (SSSR count). The lowest BCUT2D eigenvalue weighted by molar-refractivity contribution is -0.152. The first-order valence-corrected chi connectivity index (χ1v) is 8.38. The van der Waals surface area contributed by atoms with Crippen LogP contribution in [0.4, 0.5) is 0 Å². The minimum atomic E-state index is 0.271. The third-order valence-corrected chi connectivity index (χ3v) is 5.91. The van der Waals surface area contributed by atoms with E-state index in [4.69, 9.17) is 10.5 Å². The van der Waals surface area contributed by atoms with Crippen molar-refractivity contribution in [2.45, 2.75) is 76.0 Å². The van der Waals surface area contributed by atoms with Gasteiger partial charge in [-0.15, -0.1) is 0 Å². The molecule has 3 unspecified atom stereocenters. The van der Waals surface area contributed by atoms with E-state index in [9.17, 15) is 0 Å². The average Bonchev–Trinajstić information content (AvgIpc) is 2.86. The summed E-state index contributed by atoms with van der Waals surface area (Å²) in [6.07, 6.45) is 10.5. The van der Waals surface area contributed by atoms with Crippen molar-refractivity contribution in [3.8, 4) is 0 Å². The molecule has 2 saturated carbocycles. The second-order valence-corrected chi connectivity index (χ2v) is 6.86. The Balaban J connectivity index is 1.67. The highest BCUT2D eigenvalue weighted by Crippen LogP contribution is 2.44. The zero-order chi connectivity index (χ0) is 13.3. The van der Waals surface area contributed by atoms with E-state index in [1.807, 2.05) is 0 Å². The monoisotopic (exact) mass is 266 g/mol. The summed E-state index contributed by atoms with van der Waals surface area (Å²) in [5.74, 6) is 0.736. The first kappa shape index (κ1) is 13.8. The average molecular weight is 266 g/mol. The summed E-state index contributed by atoms with van der Waals surface area (Å²) in [7, 11) is 0. The van der Waals surface area contributed by atoms with Crippen LogP contribution in [0.2, 0.25) is 0 Å². The van der Waals surface area contributed by atoms with Crippen LogP contribution in [0, 0.1) is 5.92 Å². The van der Waals surface area contributed by atoms with E-state index in [2.05, 4.69) is 11.8 Å². The van der Waals surface area contributed by atoms with E-state index >= 15 is 0 Å².